The summed E-state index contributed by atoms with van der Waals surface area (Å²) >= 11 is 6.00. The lowest BCUT2D eigenvalue weighted by atomic mass is 10.1. The van der Waals surface area contributed by atoms with E-state index in [1.54, 1.807) is 56.6 Å². The topological polar surface area (TPSA) is 78.5 Å². The molecular formula is C19H20ClN3O3. The summed E-state index contributed by atoms with van der Waals surface area (Å²) in [5.41, 5.74) is 1.94. The fourth-order valence-electron chi connectivity index (χ4n) is 2.29. The summed E-state index contributed by atoms with van der Waals surface area (Å²) in [5.74, 6) is -0.586. The number of anilines is 2. The number of carbonyl (C=O) groups is 3. The number of ketones is 1. The Hall–Kier alpha value is -2.86. The lowest BCUT2D eigenvalue weighted by Crippen LogP contribution is -2.25. The van der Waals surface area contributed by atoms with E-state index in [4.69, 9.17) is 11.6 Å². The van der Waals surface area contributed by atoms with Crippen molar-refractivity contribution in [2.24, 2.45) is 0 Å². The van der Waals surface area contributed by atoms with Crippen LogP contribution in [0.25, 0.3) is 0 Å². The van der Waals surface area contributed by atoms with Gasteiger partial charge in [0.05, 0.1) is 12.1 Å². The summed E-state index contributed by atoms with van der Waals surface area (Å²) in [6.07, 6.45) is 0. The molecule has 0 radical (unpaired) electrons. The van der Waals surface area contributed by atoms with Gasteiger partial charge in [-0.1, -0.05) is 23.7 Å². The van der Waals surface area contributed by atoms with E-state index in [1.807, 2.05) is 0 Å². The summed E-state index contributed by atoms with van der Waals surface area (Å²) in [6.45, 7) is 1.41. The van der Waals surface area contributed by atoms with Gasteiger partial charge in [-0.3, -0.25) is 14.4 Å². The van der Waals surface area contributed by atoms with Gasteiger partial charge in [0.1, 0.15) is 0 Å². The predicted molar refractivity (Wildman–Crippen MR) is 103 cm³/mol. The first-order chi connectivity index (χ1) is 12.3. The molecule has 26 heavy (non-hydrogen) atoms. The summed E-state index contributed by atoms with van der Waals surface area (Å²) in [6, 6.07) is 11.5. The van der Waals surface area contributed by atoms with Crippen molar-refractivity contribution in [1.82, 2.24) is 4.90 Å². The molecule has 0 saturated carbocycles. The minimum absolute atomic E-state index is 0.0572. The lowest BCUT2D eigenvalue weighted by molar-refractivity contribution is -0.114. The molecule has 2 aromatic rings. The predicted octanol–water partition coefficient (Wildman–Crippen LogP) is 3.30. The van der Waals surface area contributed by atoms with Crippen LogP contribution in [0, 0.1) is 0 Å². The van der Waals surface area contributed by atoms with Crippen molar-refractivity contribution < 1.29 is 14.4 Å². The normalized spacial score (nSPS) is 10.2. The number of Topliss-reactive ketones (excluding diaryl/α,β-unsaturated/α-hetero) is 1. The van der Waals surface area contributed by atoms with Gasteiger partial charge < -0.3 is 15.5 Å². The number of carbonyl (C=O) groups excluding carboxylic acids is 3. The van der Waals surface area contributed by atoms with E-state index in [1.165, 1.54) is 11.8 Å². The van der Waals surface area contributed by atoms with Crippen LogP contribution in [0.15, 0.2) is 42.5 Å². The molecule has 2 rings (SSSR count). The summed E-state index contributed by atoms with van der Waals surface area (Å²) < 4.78 is 0. The monoisotopic (exact) mass is 373 g/mol. The third-order valence-corrected chi connectivity index (χ3v) is 3.85. The molecule has 0 heterocycles. The highest BCUT2D eigenvalue weighted by Gasteiger charge is 2.14. The Morgan fingerprint density at radius 3 is 2.46 bits per heavy atom. The third-order valence-electron chi connectivity index (χ3n) is 3.61. The maximum absolute atomic E-state index is 12.2. The van der Waals surface area contributed by atoms with Crippen molar-refractivity contribution in [1.29, 1.82) is 0 Å². The molecule has 136 valence electrons. The fraction of sp³-hybridized carbons (Fsp3) is 0.211. The summed E-state index contributed by atoms with van der Waals surface area (Å²) in [7, 11) is 3.30. The Morgan fingerprint density at radius 2 is 1.81 bits per heavy atom. The lowest BCUT2D eigenvalue weighted by Gasteiger charge is -2.16. The minimum atomic E-state index is -0.311. The van der Waals surface area contributed by atoms with Gasteiger partial charge in [-0.15, -0.1) is 0 Å². The number of hydrogen-bond donors (Lipinski definition) is 2. The second-order valence-electron chi connectivity index (χ2n) is 5.93. The van der Waals surface area contributed by atoms with Gasteiger partial charge in [0.15, 0.2) is 5.78 Å². The highest BCUT2D eigenvalue weighted by Crippen LogP contribution is 2.22. The van der Waals surface area contributed by atoms with Gasteiger partial charge in [0.25, 0.3) is 5.91 Å². The number of nitrogens with one attached hydrogen (secondary N) is 2. The van der Waals surface area contributed by atoms with Crippen LogP contribution in [0.1, 0.15) is 27.6 Å². The zero-order chi connectivity index (χ0) is 19.3. The number of hydrogen-bond acceptors (Lipinski definition) is 4. The number of halogens is 1. The van der Waals surface area contributed by atoms with Crippen LogP contribution in [0.3, 0.4) is 0 Å². The van der Waals surface area contributed by atoms with Gasteiger partial charge in [-0.25, -0.2) is 0 Å². The first kappa shape index (κ1) is 19.5. The van der Waals surface area contributed by atoms with Gasteiger partial charge in [-0.2, -0.15) is 0 Å². The maximum Gasteiger partial charge on any atom is 0.255 e. The summed E-state index contributed by atoms with van der Waals surface area (Å²) in [5, 5.41) is 6.10. The highest BCUT2D eigenvalue weighted by molar-refractivity contribution is 6.31. The van der Waals surface area contributed by atoms with E-state index in [9.17, 15) is 14.4 Å². The van der Waals surface area contributed by atoms with Crippen molar-refractivity contribution >= 4 is 40.6 Å². The molecule has 0 saturated heterocycles. The van der Waals surface area contributed by atoms with Crippen molar-refractivity contribution in [3.63, 3.8) is 0 Å². The minimum Gasteiger partial charge on any atom is -0.375 e. The van der Waals surface area contributed by atoms with Crippen LogP contribution < -0.4 is 10.6 Å². The van der Waals surface area contributed by atoms with Crippen LogP contribution in [0.4, 0.5) is 11.4 Å². The van der Waals surface area contributed by atoms with E-state index in [0.717, 1.165) is 0 Å². The smallest absolute Gasteiger partial charge is 0.255 e. The van der Waals surface area contributed by atoms with Crippen molar-refractivity contribution in [2.75, 3.05) is 31.3 Å². The quantitative estimate of drug-likeness (QED) is 0.761. The Kier molecular flexibility index (Phi) is 6.36. The van der Waals surface area contributed by atoms with Crippen LogP contribution in [-0.2, 0) is 4.79 Å². The molecule has 0 spiro atoms. The standard InChI is InChI=1S/C19H20ClN3O3/c1-12(24)13-5-4-6-15(9-13)22-18(25)11-21-17-10-14(20)7-8-16(17)19(26)23(2)3/h4-10,21H,11H2,1-3H3,(H,22,25). The molecule has 2 N–H and O–H groups in total. The Morgan fingerprint density at radius 1 is 1.08 bits per heavy atom. The number of amides is 2. The molecule has 0 fully saturated rings. The van der Waals surface area contributed by atoms with Gasteiger partial charge in [0.2, 0.25) is 5.91 Å². The second-order valence-corrected chi connectivity index (χ2v) is 6.36. The zero-order valence-corrected chi connectivity index (χ0v) is 15.6. The van der Waals surface area contributed by atoms with E-state index >= 15 is 0 Å². The summed E-state index contributed by atoms with van der Waals surface area (Å²) in [4.78, 5) is 37.3. The van der Waals surface area contributed by atoms with E-state index in [-0.39, 0.29) is 24.1 Å². The van der Waals surface area contributed by atoms with Gasteiger partial charge in [-0.05, 0) is 37.3 Å². The third kappa shape index (κ3) is 5.07. The molecule has 0 unspecified atom stereocenters. The molecule has 0 bridgehead atoms. The molecule has 7 heteroatoms. The first-order valence-corrected chi connectivity index (χ1v) is 8.31. The number of nitrogens with zero attached hydrogens (tertiary/aromatic N) is 1. The van der Waals surface area contributed by atoms with Crippen molar-refractivity contribution in [2.45, 2.75) is 6.92 Å². The molecule has 0 aliphatic heterocycles. The number of benzene rings is 2. The van der Waals surface area contributed by atoms with Crippen molar-refractivity contribution in [3.05, 3.63) is 58.6 Å². The molecule has 2 amide bonds. The SMILES string of the molecule is CC(=O)c1cccc(NC(=O)CNc2cc(Cl)ccc2C(=O)N(C)C)c1. The largest absolute Gasteiger partial charge is 0.375 e. The van der Waals surface area contributed by atoms with Crippen molar-refractivity contribution in [3.8, 4) is 0 Å². The molecular weight excluding hydrogens is 354 g/mol. The second kappa shape index (κ2) is 8.49. The van der Waals surface area contributed by atoms with Gasteiger partial charge in [0, 0.05) is 36.1 Å². The Bertz CT molecular complexity index is 850. The van der Waals surface area contributed by atoms with Crippen LogP contribution in [0.2, 0.25) is 5.02 Å². The molecule has 0 aromatic heterocycles. The van der Waals surface area contributed by atoms with Gasteiger partial charge >= 0.3 is 0 Å². The molecule has 0 atom stereocenters. The Balaban J connectivity index is 2.08. The van der Waals surface area contributed by atoms with E-state index in [0.29, 0.717) is 27.5 Å². The van der Waals surface area contributed by atoms with Crippen LogP contribution in [0.5, 0.6) is 0 Å². The van der Waals surface area contributed by atoms with E-state index in [2.05, 4.69) is 10.6 Å². The average Bonchev–Trinajstić information content (AvgIpc) is 2.59. The van der Waals surface area contributed by atoms with Crippen LogP contribution >= 0.6 is 11.6 Å². The van der Waals surface area contributed by atoms with Crippen LogP contribution in [-0.4, -0.2) is 43.1 Å². The fourth-order valence-corrected chi connectivity index (χ4v) is 2.46. The number of rotatable bonds is 6. The zero-order valence-electron chi connectivity index (χ0n) is 14.8. The maximum atomic E-state index is 12.2. The molecule has 6 nitrogen and oxygen atoms in total. The first-order valence-electron chi connectivity index (χ1n) is 7.94. The highest BCUT2D eigenvalue weighted by atomic mass is 35.5. The Labute approximate surface area is 157 Å². The molecule has 0 aliphatic carbocycles. The molecule has 2 aromatic carbocycles. The average molecular weight is 374 g/mol. The molecule has 0 aliphatic rings. The van der Waals surface area contributed by atoms with E-state index < -0.39 is 0 Å².